The maximum absolute atomic E-state index is 12.1. The third-order valence-electron chi connectivity index (χ3n) is 3.79. The van der Waals surface area contributed by atoms with E-state index >= 15 is 0 Å². The Morgan fingerprint density at radius 3 is 2.69 bits per heavy atom. The predicted octanol–water partition coefficient (Wildman–Crippen LogP) is 3.34. The van der Waals surface area contributed by atoms with Crippen LogP contribution in [0.5, 0.6) is 0 Å². The number of halogens is 1. The van der Waals surface area contributed by atoms with Crippen molar-refractivity contribution < 1.29 is 14.3 Å². The second kappa shape index (κ2) is 9.54. The SMILES string of the molecule is Cc1nc(CC(=O)OCCN(C)C(=O)NCc2ccccc2Cl)sc1C. The van der Waals surface area contributed by atoms with E-state index in [9.17, 15) is 9.59 Å². The molecule has 2 amide bonds. The summed E-state index contributed by atoms with van der Waals surface area (Å²) in [6, 6.07) is 7.07. The smallest absolute Gasteiger partial charge is 0.317 e. The van der Waals surface area contributed by atoms with E-state index in [2.05, 4.69) is 10.3 Å². The third-order valence-corrected chi connectivity index (χ3v) is 5.23. The Morgan fingerprint density at radius 1 is 1.31 bits per heavy atom. The second-order valence-electron chi connectivity index (χ2n) is 5.82. The fourth-order valence-electron chi connectivity index (χ4n) is 2.13. The molecular weight excluding hydrogens is 374 g/mol. The molecule has 0 fully saturated rings. The lowest BCUT2D eigenvalue weighted by atomic mass is 10.2. The number of urea groups is 1. The van der Waals surface area contributed by atoms with Gasteiger partial charge in [0, 0.05) is 23.5 Å². The third kappa shape index (κ3) is 6.00. The van der Waals surface area contributed by atoms with Crippen molar-refractivity contribution in [3.05, 3.63) is 50.4 Å². The molecule has 0 aliphatic heterocycles. The summed E-state index contributed by atoms with van der Waals surface area (Å²) in [5.41, 5.74) is 1.78. The predicted molar refractivity (Wildman–Crippen MR) is 103 cm³/mol. The number of esters is 1. The number of benzene rings is 1. The van der Waals surface area contributed by atoms with Crippen LogP contribution in [-0.4, -0.2) is 42.1 Å². The van der Waals surface area contributed by atoms with Crippen molar-refractivity contribution in [3.8, 4) is 0 Å². The Kier molecular flexibility index (Phi) is 7.41. The molecule has 8 heteroatoms. The quantitative estimate of drug-likeness (QED) is 0.730. The first-order valence-corrected chi connectivity index (χ1v) is 9.37. The van der Waals surface area contributed by atoms with Gasteiger partial charge < -0.3 is 15.0 Å². The molecule has 140 valence electrons. The molecule has 0 aliphatic carbocycles. The molecule has 1 aromatic carbocycles. The van der Waals surface area contributed by atoms with Crippen molar-refractivity contribution in [3.63, 3.8) is 0 Å². The molecule has 26 heavy (non-hydrogen) atoms. The number of ether oxygens (including phenoxy) is 1. The lowest BCUT2D eigenvalue weighted by Crippen LogP contribution is -2.39. The van der Waals surface area contributed by atoms with Crippen LogP contribution in [0.1, 0.15) is 21.1 Å². The van der Waals surface area contributed by atoms with E-state index in [0.717, 1.165) is 21.1 Å². The van der Waals surface area contributed by atoms with Crippen LogP contribution >= 0.6 is 22.9 Å². The van der Waals surface area contributed by atoms with Gasteiger partial charge in [-0.2, -0.15) is 0 Å². The standard InChI is InChI=1S/C18H22ClN3O3S/c1-12-13(2)26-16(21-12)10-17(23)25-9-8-22(3)18(24)20-11-14-6-4-5-7-15(14)19/h4-7H,8-11H2,1-3H3,(H,20,24). The molecule has 2 rings (SSSR count). The zero-order valence-corrected chi connectivity index (χ0v) is 16.6. The zero-order valence-electron chi connectivity index (χ0n) is 15.0. The van der Waals surface area contributed by atoms with Gasteiger partial charge in [0.05, 0.1) is 18.7 Å². The topological polar surface area (TPSA) is 71.5 Å². The summed E-state index contributed by atoms with van der Waals surface area (Å²) in [5.74, 6) is -0.344. The molecule has 0 atom stereocenters. The van der Waals surface area contributed by atoms with Crippen molar-refractivity contribution in [2.24, 2.45) is 0 Å². The summed E-state index contributed by atoms with van der Waals surface area (Å²) in [6.45, 7) is 4.66. The number of hydrogen-bond acceptors (Lipinski definition) is 5. The van der Waals surface area contributed by atoms with E-state index < -0.39 is 0 Å². The van der Waals surface area contributed by atoms with Crippen molar-refractivity contribution >= 4 is 34.9 Å². The van der Waals surface area contributed by atoms with Gasteiger partial charge in [-0.3, -0.25) is 4.79 Å². The number of amides is 2. The Bertz CT molecular complexity index is 759. The molecule has 0 saturated heterocycles. The van der Waals surface area contributed by atoms with Crippen LogP contribution in [-0.2, 0) is 22.5 Å². The highest BCUT2D eigenvalue weighted by Crippen LogP contribution is 2.17. The molecule has 1 heterocycles. The van der Waals surface area contributed by atoms with Crippen LogP contribution in [0.15, 0.2) is 24.3 Å². The van der Waals surface area contributed by atoms with E-state index in [-0.39, 0.29) is 25.0 Å². The minimum absolute atomic E-state index is 0.137. The lowest BCUT2D eigenvalue weighted by Gasteiger charge is -2.18. The van der Waals surface area contributed by atoms with E-state index in [1.165, 1.54) is 16.2 Å². The van der Waals surface area contributed by atoms with Gasteiger partial charge in [0.25, 0.3) is 0 Å². The number of aromatic nitrogens is 1. The Morgan fingerprint density at radius 2 is 2.04 bits per heavy atom. The number of nitrogens with one attached hydrogen (secondary N) is 1. The summed E-state index contributed by atoms with van der Waals surface area (Å²) in [7, 11) is 1.64. The number of thiazole rings is 1. The van der Waals surface area contributed by atoms with Gasteiger partial charge in [-0.15, -0.1) is 11.3 Å². The summed E-state index contributed by atoms with van der Waals surface area (Å²) < 4.78 is 5.18. The molecule has 1 N–H and O–H groups in total. The van der Waals surface area contributed by atoms with Crippen LogP contribution in [0.2, 0.25) is 5.02 Å². The first-order chi connectivity index (χ1) is 12.4. The fourth-order valence-corrected chi connectivity index (χ4v) is 3.26. The first kappa shape index (κ1) is 20.2. The number of likely N-dealkylation sites (N-methyl/N-ethyl adjacent to an activating group) is 1. The van der Waals surface area contributed by atoms with Crippen LogP contribution in [0.4, 0.5) is 4.79 Å². The largest absolute Gasteiger partial charge is 0.463 e. The zero-order chi connectivity index (χ0) is 19.1. The summed E-state index contributed by atoms with van der Waals surface area (Å²) in [6.07, 6.45) is 0.155. The summed E-state index contributed by atoms with van der Waals surface area (Å²) in [4.78, 5) is 30.8. The molecule has 0 radical (unpaired) electrons. The molecule has 0 saturated carbocycles. The van der Waals surface area contributed by atoms with Gasteiger partial charge in [0.15, 0.2) is 0 Å². The minimum Gasteiger partial charge on any atom is -0.463 e. The number of aryl methyl sites for hydroxylation is 2. The highest BCUT2D eigenvalue weighted by Gasteiger charge is 2.12. The number of carbonyl (C=O) groups excluding carboxylic acids is 2. The fraction of sp³-hybridized carbons (Fsp3) is 0.389. The Balaban J connectivity index is 1.68. The minimum atomic E-state index is -0.344. The summed E-state index contributed by atoms with van der Waals surface area (Å²) >= 11 is 7.55. The summed E-state index contributed by atoms with van der Waals surface area (Å²) in [5, 5.41) is 4.13. The molecule has 0 bridgehead atoms. The molecule has 0 aliphatic rings. The van der Waals surface area contributed by atoms with Crippen molar-refractivity contribution in [1.82, 2.24) is 15.2 Å². The number of rotatable bonds is 7. The normalized spacial score (nSPS) is 10.5. The molecule has 1 aromatic heterocycles. The average Bonchev–Trinajstić information content (AvgIpc) is 2.91. The second-order valence-corrected chi connectivity index (χ2v) is 7.51. The Hall–Kier alpha value is -2.12. The van der Waals surface area contributed by atoms with Gasteiger partial charge in [0.1, 0.15) is 11.6 Å². The van der Waals surface area contributed by atoms with E-state index in [1.54, 1.807) is 13.1 Å². The van der Waals surface area contributed by atoms with Gasteiger partial charge in [-0.1, -0.05) is 29.8 Å². The molecule has 0 spiro atoms. The van der Waals surface area contributed by atoms with E-state index in [0.29, 0.717) is 18.1 Å². The Labute approximate surface area is 162 Å². The van der Waals surface area contributed by atoms with Crippen molar-refractivity contribution in [1.29, 1.82) is 0 Å². The van der Waals surface area contributed by atoms with Crippen LogP contribution in [0.3, 0.4) is 0 Å². The van der Waals surface area contributed by atoms with Gasteiger partial charge >= 0.3 is 12.0 Å². The molecule has 2 aromatic rings. The van der Waals surface area contributed by atoms with Crippen LogP contribution < -0.4 is 5.32 Å². The number of nitrogens with zero attached hydrogens (tertiary/aromatic N) is 2. The maximum Gasteiger partial charge on any atom is 0.317 e. The molecule has 0 unspecified atom stereocenters. The van der Waals surface area contributed by atoms with Crippen molar-refractivity contribution in [2.75, 3.05) is 20.2 Å². The number of carbonyl (C=O) groups is 2. The highest BCUT2D eigenvalue weighted by molar-refractivity contribution is 7.11. The van der Waals surface area contributed by atoms with Gasteiger partial charge in [0.2, 0.25) is 0 Å². The number of hydrogen-bond donors (Lipinski definition) is 1. The van der Waals surface area contributed by atoms with Gasteiger partial charge in [-0.25, -0.2) is 9.78 Å². The lowest BCUT2D eigenvalue weighted by molar-refractivity contribution is -0.143. The van der Waals surface area contributed by atoms with E-state index in [1.807, 2.05) is 32.0 Å². The van der Waals surface area contributed by atoms with Gasteiger partial charge in [-0.05, 0) is 25.5 Å². The molecular formula is C18H22ClN3O3S. The monoisotopic (exact) mass is 395 g/mol. The maximum atomic E-state index is 12.1. The average molecular weight is 396 g/mol. The van der Waals surface area contributed by atoms with Crippen LogP contribution in [0, 0.1) is 13.8 Å². The first-order valence-electron chi connectivity index (χ1n) is 8.17. The van der Waals surface area contributed by atoms with Crippen LogP contribution in [0.25, 0.3) is 0 Å². The molecule has 6 nitrogen and oxygen atoms in total. The van der Waals surface area contributed by atoms with E-state index in [4.69, 9.17) is 16.3 Å². The van der Waals surface area contributed by atoms with Crippen molar-refractivity contribution in [2.45, 2.75) is 26.8 Å². The highest BCUT2D eigenvalue weighted by atomic mass is 35.5.